The lowest BCUT2D eigenvalue weighted by Crippen LogP contribution is -2.50. The Labute approximate surface area is 180 Å². The molecule has 0 heterocycles. The molecular formula is C25H33NO4. The fourth-order valence-corrected chi connectivity index (χ4v) is 3.18. The second-order valence-electron chi connectivity index (χ2n) is 7.18. The van der Waals surface area contributed by atoms with E-state index < -0.39 is 5.91 Å². The number of carbonyl (C=O) groups excluding carboxylic acids is 1. The van der Waals surface area contributed by atoms with Gasteiger partial charge in [0.25, 0.3) is 5.91 Å². The molecule has 0 aliphatic rings. The molecule has 0 spiro atoms. The van der Waals surface area contributed by atoms with Crippen molar-refractivity contribution < 1.29 is 19.0 Å². The molecule has 1 unspecified atom stereocenters. The van der Waals surface area contributed by atoms with Crippen molar-refractivity contribution in [3.05, 3.63) is 77.0 Å². The van der Waals surface area contributed by atoms with Crippen molar-refractivity contribution in [1.29, 1.82) is 0 Å². The number of rotatable bonds is 12. The Morgan fingerprint density at radius 2 is 1.63 bits per heavy atom. The Hall–Kier alpha value is -2.47. The fraction of sp³-hybridized carbons (Fsp3) is 0.400. The lowest BCUT2D eigenvalue weighted by Gasteiger charge is -2.39. The molecule has 30 heavy (non-hydrogen) atoms. The quantitative estimate of drug-likeness (QED) is 0.282. The third-order valence-electron chi connectivity index (χ3n) is 5.02. The van der Waals surface area contributed by atoms with Crippen molar-refractivity contribution in [2.24, 2.45) is 0 Å². The van der Waals surface area contributed by atoms with Crippen LogP contribution in [-0.2, 0) is 14.2 Å². The molecule has 162 valence electrons. The van der Waals surface area contributed by atoms with Crippen LogP contribution in [0.4, 0.5) is 0 Å². The topological polar surface area (TPSA) is 48.0 Å². The molecule has 0 N–H and O–H groups in total. The van der Waals surface area contributed by atoms with E-state index in [9.17, 15) is 4.79 Å². The van der Waals surface area contributed by atoms with Gasteiger partial charge in [0.05, 0.1) is 0 Å². The first kappa shape index (κ1) is 23.8. The molecule has 0 amide bonds. The highest BCUT2D eigenvalue weighted by molar-refractivity contribution is 5.97. The minimum atomic E-state index is -0.938. The predicted octanol–water partition coefficient (Wildman–Crippen LogP) is 4.91. The number of benzene rings is 2. The van der Waals surface area contributed by atoms with Gasteiger partial charge in [-0.3, -0.25) is 4.79 Å². The molecule has 0 radical (unpaired) electrons. The molecule has 1 atom stereocenters. The van der Waals surface area contributed by atoms with E-state index >= 15 is 0 Å². The van der Waals surface area contributed by atoms with E-state index in [4.69, 9.17) is 14.2 Å². The smallest absolute Gasteiger partial charge is 0.269 e. The Morgan fingerprint density at radius 1 is 1.00 bits per heavy atom. The average Bonchev–Trinajstić information content (AvgIpc) is 2.76. The van der Waals surface area contributed by atoms with Gasteiger partial charge >= 0.3 is 0 Å². The molecule has 2 aromatic carbocycles. The lowest BCUT2D eigenvalue weighted by molar-refractivity contribution is -0.277. The van der Waals surface area contributed by atoms with Crippen molar-refractivity contribution >= 4 is 11.9 Å². The van der Waals surface area contributed by atoms with Crippen LogP contribution in [0.2, 0.25) is 0 Å². The van der Waals surface area contributed by atoms with Crippen molar-refractivity contribution in [1.82, 2.24) is 4.90 Å². The van der Waals surface area contributed by atoms with Gasteiger partial charge in [-0.2, -0.15) is 0 Å². The number of nitrogens with zero attached hydrogens (tertiary/aromatic N) is 1. The van der Waals surface area contributed by atoms with E-state index in [1.54, 1.807) is 19.2 Å². The first-order chi connectivity index (χ1) is 14.4. The standard InChI is InChI=1S/C25H33NO4/c1-6-26(7-2)25(4,28-5)30-23(17-21-15-13-20(3)14-16-21)18-29-19-24(27)22-11-9-8-10-12-22/h8-17H,6-7,18-19H2,1-5H3/b23-17+. The molecule has 5 nitrogen and oxygen atoms in total. The van der Waals surface area contributed by atoms with Crippen molar-refractivity contribution in [2.75, 3.05) is 33.4 Å². The maximum Gasteiger partial charge on any atom is 0.269 e. The monoisotopic (exact) mass is 411 g/mol. The number of Topliss-reactive ketones (excluding diaryl/α,β-unsaturated/α-hetero) is 1. The highest BCUT2D eigenvalue weighted by Gasteiger charge is 2.33. The van der Waals surface area contributed by atoms with E-state index in [0.29, 0.717) is 11.3 Å². The molecule has 0 fully saturated rings. The predicted molar refractivity (Wildman–Crippen MR) is 120 cm³/mol. The molecule has 0 aliphatic carbocycles. The van der Waals surface area contributed by atoms with E-state index in [1.807, 2.05) is 62.4 Å². The van der Waals surface area contributed by atoms with Gasteiger partial charge in [0, 0.05) is 32.7 Å². The second-order valence-corrected chi connectivity index (χ2v) is 7.18. The second kappa shape index (κ2) is 11.6. The third-order valence-corrected chi connectivity index (χ3v) is 5.02. The Balaban J connectivity index is 2.16. The van der Waals surface area contributed by atoms with Gasteiger partial charge in [0.1, 0.15) is 19.0 Å². The molecule has 2 rings (SSSR count). The van der Waals surface area contributed by atoms with Gasteiger partial charge in [-0.05, 0) is 18.6 Å². The molecule has 0 aliphatic heterocycles. The first-order valence-electron chi connectivity index (χ1n) is 10.3. The number of hydrogen-bond donors (Lipinski definition) is 0. The SMILES string of the molecule is CCN(CC)C(C)(OC)O/C(=C/c1ccc(C)cc1)COCC(=O)c1ccccc1. The summed E-state index contributed by atoms with van der Waals surface area (Å²) in [7, 11) is 1.63. The minimum absolute atomic E-state index is 0.0203. The van der Waals surface area contributed by atoms with Gasteiger partial charge < -0.3 is 14.2 Å². The van der Waals surface area contributed by atoms with Crippen LogP contribution in [0.3, 0.4) is 0 Å². The van der Waals surface area contributed by atoms with Crippen LogP contribution in [0.25, 0.3) is 6.08 Å². The minimum Gasteiger partial charge on any atom is -0.451 e. The largest absolute Gasteiger partial charge is 0.451 e. The van der Waals surface area contributed by atoms with Crippen molar-refractivity contribution in [3.63, 3.8) is 0 Å². The summed E-state index contributed by atoms with van der Waals surface area (Å²) >= 11 is 0. The maximum absolute atomic E-state index is 12.3. The average molecular weight is 412 g/mol. The molecular weight excluding hydrogens is 378 g/mol. The lowest BCUT2D eigenvalue weighted by atomic mass is 10.1. The number of aryl methyl sites for hydroxylation is 1. The number of ketones is 1. The van der Waals surface area contributed by atoms with Crippen LogP contribution in [0, 0.1) is 6.92 Å². The van der Waals surface area contributed by atoms with E-state index in [2.05, 4.69) is 18.7 Å². The fourth-order valence-electron chi connectivity index (χ4n) is 3.18. The van der Waals surface area contributed by atoms with Crippen LogP contribution < -0.4 is 0 Å². The first-order valence-corrected chi connectivity index (χ1v) is 10.3. The summed E-state index contributed by atoms with van der Waals surface area (Å²) in [5, 5.41) is 0. The molecule has 0 saturated carbocycles. The molecule has 5 heteroatoms. The van der Waals surface area contributed by atoms with Gasteiger partial charge in [-0.15, -0.1) is 0 Å². The molecule has 2 aromatic rings. The molecule has 0 saturated heterocycles. The summed E-state index contributed by atoms with van der Waals surface area (Å²) in [6, 6.07) is 17.3. The number of hydrogen-bond acceptors (Lipinski definition) is 5. The van der Waals surface area contributed by atoms with Gasteiger partial charge in [-0.1, -0.05) is 74.0 Å². The summed E-state index contributed by atoms with van der Waals surface area (Å²) in [5.74, 6) is -0.410. The Morgan fingerprint density at radius 3 is 2.20 bits per heavy atom. The van der Waals surface area contributed by atoms with Crippen molar-refractivity contribution in [3.8, 4) is 0 Å². The summed E-state index contributed by atoms with van der Waals surface area (Å²) in [5.41, 5.74) is 2.81. The summed E-state index contributed by atoms with van der Waals surface area (Å²) in [6.07, 6.45) is 1.92. The van der Waals surface area contributed by atoms with E-state index in [-0.39, 0.29) is 19.0 Å². The van der Waals surface area contributed by atoms with Crippen LogP contribution in [-0.4, -0.2) is 50.0 Å². The Kier molecular flexibility index (Phi) is 9.24. The van der Waals surface area contributed by atoms with E-state index in [1.165, 1.54) is 5.56 Å². The van der Waals surface area contributed by atoms with Gasteiger partial charge in [0.15, 0.2) is 5.78 Å². The zero-order valence-corrected chi connectivity index (χ0v) is 18.7. The summed E-state index contributed by atoms with van der Waals surface area (Å²) in [6.45, 7) is 9.73. The number of ether oxygens (including phenoxy) is 3. The maximum atomic E-state index is 12.3. The third kappa shape index (κ3) is 6.80. The molecule has 0 bridgehead atoms. The van der Waals surface area contributed by atoms with Crippen LogP contribution >= 0.6 is 0 Å². The highest BCUT2D eigenvalue weighted by atomic mass is 16.7. The molecule has 0 aromatic heterocycles. The summed E-state index contributed by atoms with van der Waals surface area (Å²) in [4.78, 5) is 14.4. The zero-order chi connectivity index (χ0) is 22.0. The van der Waals surface area contributed by atoms with Crippen LogP contribution in [0.15, 0.2) is 60.4 Å². The van der Waals surface area contributed by atoms with Crippen LogP contribution in [0.1, 0.15) is 42.3 Å². The Bertz CT molecular complexity index is 813. The summed E-state index contributed by atoms with van der Waals surface area (Å²) < 4.78 is 17.7. The van der Waals surface area contributed by atoms with Crippen LogP contribution in [0.5, 0.6) is 0 Å². The number of carbonyl (C=O) groups is 1. The van der Waals surface area contributed by atoms with Gasteiger partial charge in [0.2, 0.25) is 0 Å². The van der Waals surface area contributed by atoms with Gasteiger partial charge in [-0.25, -0.2) is 4.90 Å². The zero-order valence-electron chi connectivity index (χ0n) is 18.7. The number of methoxy groups -OCH3 is 1. The normalized spacial score (nSPS) is 13.9. The van der Waals surface area contributed by atoms with E-state index in [0.717, 1.165) is 18.7 Å². The highest BCUT2D eigenvalue weighted by Crippen LogP contribution is 2.23. The van der Waals surface area contributed by atoms with Crippen molar-refractivity contribution in [2.45, 2.75) is 33.6 Å².